The molecule has 2 rings (SSSR count). The van der Waals surface area contributed by atoms with Gasteiger partial charge < -0.3 is 10.5 Å². The predicted molar refractivity (Wildman–Crippen MR) is 87.6 cm³/mol. The van der Waals surface area contributed by atoms with Crippen molar-refractivity contribution in [2.24, 2.45) is 5.73 Å². The molecule has 1 heterocycles. The number of hydrogen-bond donors (Lipinski definition) is 1. The van der Waals surface area contributed by atoms with Crippen molar-refractivity contribution in [3.63, 3.8) is 0 Å². The Morgan fingerprint density at radius 3 is 2.64 bits per heavy atom. The molecule has 1 aliphatic rings. The highest BCUT2D eigenvalue weighted by atomic mass is 35.5. The van der Waals surface area contributed by atoms with E-state index in [1.165, 1.54) is 10.4 Å². The quantitative estimate of drug-likeness (QED) is 0.801. The molecule has 0 atom stereocenters. The zero-order valence-electron chi connectivity index (χ0n) is 12.8. The standard InChI is InChI=1S/C15H23ClN2O3S/c1-12-3-4-14(11-15(12)16)22(19,20)18-8-5-13(6-9-18)21-10-2-7-17/h3-4,11,13H,2,5-10,17H2,1H3. The first-order chi connectivity index (χ1) is 10.4. The van der Waals surface area contributed by atoms with Crippen molar-refractivity contribution in [2.75, 3.05) is 26.2 Å². The van der Waals surface area contributed by atoms with Crippen LogP contribution < -0.4 is 5.73 Å². The Morgan fingerprint density at radius 1 is 1.36 bits per heavy atom. The van der Waals surface area contributed by atoms with E-state index in [-0.39, 0.29) is 11.0 Å². The second kappa shape index (κ2) is 7.75. The third-order valence-corrected chi connectivity index (χ3v) is 6.19. The lowest BCUT2D eigenvalue weighted by Gasteiger charge is -2.31. The molecule has 7 heteroatoms. The number of ether oxygens (including phenoxy) is 1. The number of sulfonamides is 1. The van der Waals surface area contributed by atoms with Gasteiger partial charge in [0, 0.05) is 24.7 Å². The van der Waals surface area contributed by atoms with Gasteiger partial charge in [-0.1, -0.05) is 17.7 Å². The first-order valence-electron chi connectivity index (χ1n) is 7.53. The highest BCUT2D eigenvalue weighted by Crippen LogP contribution is 2.25. The summed E-state index contributed by atoms with van der Waals surface area (Å²) in [5.41, 5.74) is 6.30. The Hall–Kier alpha value is -0.660. The SMILES string of the molecule is Cc1ccc(S(=O)(=O)N2CCC(OCCCN)CC2)cc1Cl. The van der Waals surface area contributed by atoms with Crippen molar-refractivity contribution >= 4 is 21.6 Å². The van der Waals surface area contributed by atoms with Crippen LogP contribution in [0.2, 0.25) is 5.02 Å². The molecule has 1 saturated heterocycles. The van der Waals surface area contributed by atoms with Crippen LogP contribution in [-0.2, 0) is 14.8 Å². The largest absolute Gasteiger partial charge is 0.378 e. The third-order valence-electron chi connectivity index (χ3n) is 3.88. The molecule has 0 amide bonds. The van der Waals surface area contributed by atoms with E-state index in [1.807, 2.05) is 6.92 Å². The van der Waals surface area contributed by atoms with Gasteiger partial charge in [-0.15, -0.1) is 0 Å². The van der Waals surface area contributed by atoms with E-state index in [2.05, 4.69) is 0 Å². The van der Waals surface area contributed by atoms with Gasteiger partial charge in [0.1, 0.15) is 0 Å². The summed E-state index contributed by atoms with van der Waals surface area (Å²) in [6.45, 7) is 4.05. The zero-order chi connectivity index (χ0) is 16.2. The van der Waals surface area contributed by atoms with Gasteiger partial charge in [0.15, 0.2) is 0 Å². The number of nitrogens with zero attached hydrogens (tertiary/aromatic N) is 1. The van der Waals surface area contributed by atoms with E-state index in [0.29, 0.717) is 44.1 Å². The summed E-state index contributed by atoms with van der Waals surface area (Å²) >= 11 is 6.04. The fourth-order valence-electron chi connectivity index (χ4n) is 2.46. The summed E-state index contributed by atoms with van der Waals surface area (Å²) in [7, 11) is -3.48. The maximum absolute atomic E-state index is 12.6. The molecular weight excluding hydrogens is 324 g/mol. The molecule has 0 radical (unpaired) electrons. The van der Waals surface area contributed by atoms with Crippen LogP contribution in [0.3, 0.4) is 0 Å². The van der Waals surface area contributed by atoms with Gasteiger partial charge in [-0.2, -0.15) is 4.31 Å². The minimum Gasteiger partial charge on any atom is -0.378 e. The topological polar surface area (TPSA) is 72.6 Å². The third kappa shape index (κ3) is 4.20. The van der Waals surface area contributed by atoms with Gasteiger partial charge >= 0.3 is 0 Å². The van der Waals surface area contributed by atoms with Gasteiger partial charge in [-0.25, -0.2) is 8.42 Å². The number of hydrogen-bond acceptors (Lipinski definition) is 4. The van der Waals surface area contributed by atoms with Gasteiger partial charge in [-0.05, 0) is 50.4 Å². The Morgan fingerprint density at radius 2 is 2.05 bits per heavy atom. The molecule has 22 heavy (non-hydrogen) atoms. The maximum atomic E-state index is 12.6. The van der Waals surface area contributed by atoms with Crippen LogP contribution >= 0.6 is 11.6 Å². The summed E-state index contributed by atoms with van der Waals surface area (Å²) in [5, 5.41) is 0.473. The second-order valence-electron chi connectivity index (χ2n) is 5.53. The first-order valence-corrected chi connectivity index (χ1v) is 9.35. The van der Waals surface area contributed by atoms with Crippen molar-refractivity contribution in [2.45, 2.75) is 37.2 Å². The molecule has 2 N–H and O–H groups in total. The smallest absolute Gasteiger partial charge is 0.243 e. The van der Waals surface area contributed by atoms with Crippen molar-refractivity contribution < 1.29 is 13.2 Å². The molecule has 0 aromatic heterocycles. The summed E-state index contributed by atoms with van der Waals surface area (Å²) < 4.78 is 32.5. The van der Waals surface area contributed by atoms with Crippen molar-refractivity contribution in [3.8, 4) is 0 Å². The molecule has 1 aromatic carbocycles. The lowest BCUT2D eigenvalue weighted by atomic mass is 10.1. The Balaban J connectivity index is 1.98. The lowest BCUT2D eigenvalue weighted by molar-refractivity contribution is 0.0209. The fraction of sp³-hybridized carbons (Fsp3) is 0.600. The molecule has 124 valence electrons. The number of rotatable bonds is 6. The molecule has 0 unspecified atom stereocenters. The first kappa shape index (κ1) is 17.7. The molecule has 1 aromatic rings. The van der Waals surface area contributed by atoms with Crippen LogP contribution in [0.1, 0.15) is 24.8 Å². The highest BCUT2D eigenvalue weighted by molar-refractivity contribution is 7.89. The van der Waals surface area contributed by atoms with Crippen LogP contribution in [0.25, 0.3) is 0 Å². The van der Waals surface area contributed by atoms with E-state index in [0.717, 1.165) is 12.0 Å². The Kier molecular flexibility index (Phi) is 6.23. The number of benzene rings is 1. The number of piperidine rings is 1. The Bertz CT molecular complexity index is 599. The molecule has 0 spiro atoms. The molecule has 0 bridgehead atoms. The van der Waals surface area contributed by atoms with Crippen LogP contribution in [0.4, 0.5) is 0 Å². The van der Waals surface area contributed by atoms with E-state index in [4.69, 9.17) is 22.1 Å². The predicted octanol–water partition coefficient (Wildman–Crippen LogP) is 2.17. The molecule has 5 nitrogen and oxygen atoms in total. The average molecular weight is 347 g/mol. The molecule has 0 saturated carbocycles. The summed E-state index contributed by atoms with van der Waals surface area (Å²) in [5.74, 6) is 0. The van der Waals surface area contributed by atoms with Crippen molar-refractivity contribution in [3.05, 3.63) is 28.8 Å². The highest BCUT2D eigenvalue weighted by Gasteiger charge is 2.29. The monoisotopic (exact) mass is 346 g/mol. The Labute approximate surface area is 137 Å². The van der Waals surface area contributed by atoms with Crippen LogP contribution in [0, 0.1) is 6.92 Å². The number of nitrogens with two attached hydrogens (primary N) is 1. The second-order valence-corrected chi connectivity index (χ2v) is 7.87. The average Bonchev–Trinajstić information content (AvgIpc) is 2.51. The summed E-state index contributed by atoms with van der Waals surface area (Å²) in [6.07, 6.45) is 2.38. The van der Waals surface area contributed by atoms with Crippen molar-refractivity contribution in [1.29, 1.82) is 0 Å². The molecule has 0 aliphatic carbocycles. The molecular formula is C15H23ClN2O3S. The van der Waals surface area contributed by atoms with Gasteiger partial charge in [-0.3, -0.25) is 0 Å². The summed E-state index contributed by atoms with van der Waals surface area (Å²) in [4.78, 5) is 0.255. The maximum Gasteiger partial charge on any atom is 0.243 e. The van der Waals surface area contributed by atoms with E-state index >= 15 is 0 Å². The van der Waals surface area contributed by atoms with Gasteiger partial charge in [0.2, 0.25) is 10.0 Å². The summed E-state index contributed by atoms with van der Waals surface area (Å²) in [6, 6.07) is 4.87. The van der Waals surface area contributed by atoms with Gasteiger partial charge in [0.25, 0.3) is 0 Å². The van der Waals surface area contributed by atoms with Crippen LogP contribution in [0.15, 0.2) is 23.1 Å². The fourth-order valence-corrected chi connectivity index (χ4v) is 4.20. The lowest BCUT2D eigenvalue weighted by Crippen LogP contribution is -2.41. The van der Waals surface area contributed by atoms with Crippen LogP contribution in [-0.4, -0.2) is 45.1 Å². The minimum atomic E-state index is -3.48. The normalized spacial score (nSPS) is 17.8. The molecule has 1 aliphatic heterocycles. The minimum absolute atomic E-state index is 0.125. The van der Waals surface area contributed by atoms with Crippen molar-refractivity contribution in [1.82, 2.24) is 4.31 Å². The number of halogens is 1. The van der Waals surface area contributed by atoms with E-state index in [1.54, 1.807) is 12.1 Å². The molecule has 1 fully saturated rings. The zero-order valence-corrected chi connectivity index (χ0v) is 14.4. The van der Waals surface area contributed by atoms with Gasteiger partial charge in [0.05, 0.1) is 11.0 Å². The van der Waals surface area contributed by atoms with E-state index in [9.17, 15) is 8.42 Å². The number of aryl methyl sites for hydroxylation is 1. The van der Waals surface area contributed by atoms with E-state index < -0.39 is 10.0 Å². The van der Waals surface area contributed by atoms with Crippen LogP contribution in [0.5, 0.6) is 0 Å².